The van der Waals surface area contributed by atoms with Crippen LogP contribution in [0.15, 0.2) is 42.5 Å². The summed E-state index contributed by atoms with van der Waals surface area (Å²) in [5, 5.41) is 4.68. The minimum atomic E-state index is 0.140. The molecule has 0 amide bonds. The highest BCUT2D eigenvalue weighted by atomic mass is 16.5. The van der Waals surface area contributed by atoms with E-state index in [1.54, 1.807) is 0 Å². The molecule has 0 saturated carbocycles. The summed E-state index contributed by atoms with van der Waals surface area (Å²) in [5.74, 6) is 0. The van der Waals surface area contributed by atoms with E-state index in [0.717, 1.165) is 19.6 Å². The summed E-state index contributed by atoms with van der Waals surface area (Å²) in [7, 11) is 0. The summed E-state index contributed by atoms with van der Waals surface area (Å²) in [6.45, 7) is 3.75. The van der Waals surface area contributed by atoms with Crippen molar-refractivity contribution in [2.75, 3.05) is 18.2 Å². The fourth-order valence-electron chi connectivity index (χ4n) is 2.55. The van der Waals surface area contributed by atoms with Crippen LogP contribution >= 0.6 is 0 Å². The predicted molar refractivity (Wildman–Crippen MR) is 74.5 cm³/mol. The molecule has 0 radical (unpaired) electrons. The molecule has 1 unspecified atom stereocenters. The van der Waals surface area contributed by atoms with Gasteiger partial charge in [-0.1, -0.05) is 36.4 Å². The SMILES string of the molecule is CCOC1CCNN1c1cccc2ccccc12. The van der Waals surface area contributed by atoms with Gasteiger partial charge in [-0.3, -0.25) is 5.01 Å². The monoisotopic (exact) mass is 242 g/mol. The van der Waals surface area contributed by atoms with E-state index in [1.807, 2.05) is 6.92 Å². The van der Waals surface area contributed by atoms with Crippen molar-refractivity contribution in [1.82, 2.24) is 5.43 Å². The largest absolute Gasteiger partial charge is 0.357 e. The molecule has 1 atom stereocenters. The van der Waals surface area contributed by atoms with Crippen LogP contribution in [0.4, 0.5) is 5.69 Å². The Labute approximate surface area is 107 Å². The number of rotatable bonds is 3. The van der Waals surface area contributed by atoms with E-state index >= 15 is 0 Å². The zero-order valence-corrected chi connectivity index (χ0v) is 10.6. The molecule has 2 aromatic carbocycles. The Hall–Kier alpha value is -1.58. The lowest BCUT2D eigenvalue weighted by Gasteiger charge is -2.27. The predicted octanol–water partition coefficient (Wildman–Crippen LogP) is 2.92. The minimum absolute atomic E-state index is 0.140. The van der Waals surface area contributed by atoms with Crippen LogP contribution in [0.1, 0.15) is 13.3 Å². The third-order valence-corrected chi connectivity index (χ3v) is 3.35. The summed E-state index contributed by atoms with van der Waals surface area (Å²) in [6, 6.07) is 14.8. The maximum atomic E-state index is 5.78. The first-order valence-corrected chi connectivity index (χ1v) is 6.52. The van der Waals surface area contributed by atoms with E-state index in [1.165, 1.54) is 16.5 Å². The topological polar surface area (TPSA) is 24.5 Å². The number of benzene rings is 2. The number of hydrogen-bond acceptors (Lipinski definition) is 3. The summed E-state index contributed by atoms with van der Waals surface area (Å²) < 4.78 is 5.78. The maximum Gasteiger partial charge on any atom is 0.145 e. The number of anilines is 1. The third-order valence-electron chi connectivity index (χ3n) is 3.35. The van der Waals surface area contributed by atoms with Crippen LogP contribution in [0, 0.1) is 0 Å². The normalized spacial score (nSPS) is 19.6. The van der Waals surface area contributed by atoms with E-state index in [0.29, 0.717) is 0 Å². The highest BCUT2D eigenvalue weighted by molar-refractivity contribution is 5.94. The van der Waals surface area contributed by atoms with E-state index in [9.17, 15) is 0 Å². The molecule has 3 heteroatoms. The Balaban J connectivity index is 2.03. The molecule has 94 valence electrons. The van der Waals surface area contributed by atoms with Crippen molar-refractivity contribution in [2.24, 2.45) is 0 Å². The highest BCUT2D eigenvalue weighted by Gasteiger charge is 2.25. The first-order valence-electron chi connectivity index (χ1n) is 6.52. The third kappa shape index (κ3) is 1.96. The van der Waals surface area contributed by atoms with Crippen LogP contribution in [0.25, 0.3) is 10.8 Å². The minimum Gasteiger partial charge on any atom is -0.357 e. The van der Waals surface area contributed by atoms with E-state index in [-0.39, 0.29) is 6.23 Å². The highest BCUT2D eigenvalue weighted by Crippen LogP contribution is 2.29. The molecule has 0 bridgehead atoms. The Morgan fingerprint density at radius 2 is 2.06 bits per heavy atom. The number of nitrogens with one attached hydrogen (secondary N) is 1. The number of ether oxygens (including phenoxy) is 1. The molecule has 0 aliphatic carbocycles. The fourth-order valence-corrected chi connectivity index (χ4v) is 2.55. The van der Waals surface area contributed by atoms with Crippen LogP contribution < -0.4 is 10.4 Å². The molecule has 1 fully saturated rings. The molecule has 1 aliphatic heterocycles. The van der Waals surface area contributed by atoms with Gasteiger partial charge >= 0.3 is 0 Å². The second-order valence-electron chi connectivity index (χ2n) is 4.48. The van der Waals surface area contributed by atoms with Gasteiger partial charge in [0.25, 0.3) is 0 Å². The van der Waals surface area contributed by atoms with Gasteiger partial charge in [-0.25, -0.2) is 5.43 Å². The van der Waals surface area contributed by atoms with Crippen molar-refractivity contribution >= 4 is 16.5 Å². The van der Waals surface area contributed by atoms with Crippen molar-refractivity contribution in [3.63, 3.8) is 0 Å². The summed E-state index contributed by atoms with van der Waals surface area (Å²) >= 11 is 0. The Morgan fingerprint density at radius 1 is 1.22 bits per heavy atom. The Bertz CT molecular complexity index is 536. The number of nitrogens with zero attached hydrogens (tertiary/aromatic N) is 1. The molecule has 1 N–H and O–H groups in total. The van der Waals surface area contributed by atoms with Gasteiger partial charge in [-0.15, -0.1) is 0 Å². The van der Waals surface area contributed by atoms with Gasteiger partial charge in [0, 0.05) is 25.0 Å². The first-order chi connectivity index (χ1) is 8.90. The van der Waals surface area contributed by atoms with Gasteiger partial charge in [0.05, 0.1) is 5.69 Å². The Morgan fingerprint density at radius 3 is 2.94 bits per heavy atom. The fraction of sp³-hybridized carbons (Fsp3) is 0.333. The average molecular weight is 242 g/mol. The smallest absolute Gasteiger partial charge is 0.145 e. The molecular formula is C15H18N2O. The quantitative estimate of drug-likeness (QED) is 0.895. The van der Waals surface area contributed by atoms with E-state index in [4.69, 9.17) is 4.74 Å². The summed E-state index contributed by atoms with van der Waals surface area (Å²) in [5.41, 5.74) is 4.61. The van der Waals surface area contributed by atoms with Crippen molar-refractivity contribution < 1.29 is 4.74 Å². The number of hydrazine groups is 1. The second kappa shape index (κ2) is 4.96. The van der Waals surface area contributed by atoms with Crippen LogP contribution in [-0.4, -0.2) is 19.4 Å². The van der Waals surface area contributed by atoms with Crippen LogP contribution in [-0.2, 0) is 4.74 Å². The van der Waals surface area contributed by atoms with Crippen molar-refractivity contribution in [3.05, 3.63) is 42.5 Å². The molecule has 1 saturated heterocycles. The summed E-state index contributed by atoms with van der Waals surface area (Å²) in [4.78, 5) is 0. The van der Waals surface area contributed by atoms with Crippen molar-refractivity contribution in [2.45, 2.75) is 19.6 Å². The van der Waals surface area contributed by atoms with Crippen LogP contribution in [0.3, 0.4) is 0 Å². The second-order valence-corrected chi connectivity index (χ2v) is 4.48. The van der Waals surface area contributed by atoms with E-state index < -0.39 is 0 Å². The molecule has 0 spiro atoms. The lowest BCUT2D eigenvalue weighted by atomic mass is 10.1. The zero-order chi connectivity index (χ0) is 12.4. The summed E-state index contributed by atoms with van der Waals surface area (Å²) in [6.07, 6.45) is 1.16. The molecule has 3 rings (SSSR count). The van der Waals surface area contributed by atoms with E-state index in [2.05, 4.69) is 52.9 Å². The van der Waals surface area contributed by atoms with Crippen molar-refractivity contribution in [1.29, 1.82) is 0 Å². The van der Waals surface area contributed by atoms with Gasteiger partial charge < -0.3 is 4.74 Å². The van der Waals surface area contributed by atoms with Crippen molar-refractivity contribution in [3.8, 4) is 0 Å². The first kappa shape index (κ1) is 11.5. The molecule has 18 heavy (non-hydrogen) atoms. The average Bonchev–Trinajstić information content (AvgIpc) is 2.87. The molecule has 2 aromatic rings. The molecule has 0 aromatic heterocycles. The van der Waals surface area contributed by atoms with Gasteiger partial charge in [0.2, 0.25) is 0 Å². The zero-order valence-electron chi connectivity index (χ0n) is 10.6. The number of fused-ring (bicyclic) bond motifs is 1. The lowest BCUT2D eigenvalue weighted by molar-refractivity contribution is 0.0692. The molecule has 1 aliphatic rings. The lowest BCUT2D eigenvalue weighted by Crippen LogP contribution is -2.38. The van der Waals surface area contributed by atoms with Crippen LogP contribution in [0.5, 0.6) is 0 Å². The molecule has 3 nitrogen and oxygen atoms in total. The molecular weight excluding hydrogens is 224 g/mol. The molecule has 1 heterocycles. The van der Waals surface area contributed by atoms with Gasteiger partial charge in [-0.2, -0.15) is 0 Å². The van der Waals surface area contributed by atoms with Crippen LogP contribution in [0.2, 0.25) is 0 Å². The van der Waals surface area contributed by atoms with Gasteiger partial charge in [0.1, 0.15) is 6.23 Å². The maximum absolute atomic E-state index is 5.78. The van der Waals surface area contributed by atoms with Gasteiger partial charge in [-0.05, 0) is 18.4 Å². The van der Waals surface area contributed by atoms with Gasteiger partial charge in [0.15, 0.2) is 0 Å². The Kier molecular flexibility index (Phi) is 3.17. The number of hydrogen-bond donors (Lipinski definition) is 1. The standard InChI is InChI=1S/C15H18N2O/c1-2-18-15-10-11-16-17(15)14-9-5-7-12-6-3-4-8-13(12)14/h3-9,15-16H,2,10-11H2,1H3.